The van der Waals surface area contributed by atoms with Crippen LogP contribution in [0, 0.1) is 5.41 Å². The van der Waals surface area contributed by atoms with Crippen LogP contribution in [0.25, 0.3) is 0 Å². The van der Waals surface area contributed by atoms with Gasteiger partial charge in [-0.25, -0.2) is 8.42 Å². The fourth-order valence-electron chi connectivity index (χ4n) is 1.20. The van der Waals surface area contributed by atoms with Crippen LogP contribution in [0.2, 0.25) is 0 Å². The van der Waals surface area contributed by atoms with Gasteiger partial charge in [0.25, 0.3) is 0 Å². The smallest absolute Gasteiger partial charge is 0.322 e. The zero-order valence-corrected chi connectivity index (χ0v) is 8.76. The van der Waals surface area contributed by atoms with Gasteiger partial charge in [0, 0.05) is 11.7 Å². The van der Waals surface area contributed by atoms with Crippen LogP contribution in [0.15, 0.2) is 0 Å². The zero-order valence-electron chi connectivity index (χ0n) is 7.94. The fourth-order valence-corrected chi connectivity index (χ4v) is 2.83. The van der Waals surface area contributed by atoms with E-state index in [9.17, 15) is 13.2 Å². The number of hydrogen-bond donors (Lipinski definition) is 2. The molecule has 1 atom stereocenters. The van der Waals surface area contributed by atoms with Crippen LogP contribution in [-0.2, 0) is 14.6 Å². The van der Waals surface area contributed by atoms with Gasteiger partial charge >= 0.3 is 5.97 Å². The molecule has 3 N–H and O–H groups in total. The maximum absolute atomic E-state index is 11.1. The van der Waals surface area contributed by atoms with Crippen molar-refractivity contribution in [1.82, 2.24) is 0 Å². The molecule has 0 bridgehead atoms. The van der Waals surface area contributed by atoms with Crippen LogP contribution < -0.4 is 5.73 Å². The molecule has 5 nitrogen and oxygen atoms in total. The Morgan fingerprint density at radius 2 is 1.92 bits per heavy atom. The predicted molar refractivity (Wildman–Crippen MR) is 49.1 cm³/mol. The van der Waals surface area contributed by atoms with E-state index in [1.807, 2.05) is 0 Å². The van der Waals surface area contributed by atoms with Crippen LogP contribution in [0.1, 0.15) is 13.8 Å². The van der Waals surface area contributed by atoms with Crippen LogP contribution in [0.5, 0.6) is 0 Å². The molecule has 0 unspecified atom stereocenters. The monoisotopic (exact) mass is 209 g/mol. The van der Waals surface area contributed by atoms with Crippen molar-refractivity contribution in [1.29, 1.82) is 0 Å². The van der Waals surface area contributed by atoms with Crippen molar-refractivity contribution in [2.45, 2.75) is 19.1 Å². The standard InChI is InChI=1S/C7H15NO4S/c1-7(2,4-8)5(6(9)10)13(3,11)12/h5H,4,8H2,1-3H3,(H,9,10)/t5-/m1/s1. The first-order valence-electron chi connectivity index (χ1n) is 3.74. The first kappa shape index (κ1) is 12.4. The highest BCUT2D eigenvalue weighted by atomic mass is 32.2. The lowest BCUT2D eigenvalue weighted by Crippen LogP contribution is -2.46. The largest absolute Gasteiger partial charge is 0.480 e. The summed E-state index contributed by atoms with van der Waals surface area (Å²) < 4.78 is 22.3. The minimum atomic E-state index is -3.61. The van der Waals surface area contributed by atoms with Crippen molar-refractivity contribution in [2.24, 2.45) is 11.1 Å². The summed E-state index contributed by atoms with van der Waals surface area (Å²) >= 11 is 0. The Hall–Kier alpha value is -0.620. The summed E-state index contributed by atoms with van der Waals surface area (Å²) in [5.74, 6) is -1.35. The molecule has 0 spiro atoms. The lowest BCUT2D eigenvalue weighted by molar-refractivity contribution is -0.138. The Morgan fingerprint density at radius 1 is 1.54 bits per heavy atom. The number of carbonyl (C=O) groups is 1. The van der Waals surface area contributed by atoms with Crippen LogP contribution in [-0.4, -0.2) is 37.5 Å². The Balaban J connectivity index is 5.19. The molecular weight excluding hydrogens is 194 g/mol. The van der Waals surface area contributed by atoms with Crippen LogP contribution in [0.3, 0.4) is 0 Å². The quantitative estimate of drug-likeness (QED) is 0.648. The van der Waals surface area contributed by atoms with E-state index in [0.717, 1.165) is 6.26 Å². The Morgan fingerprint density at radius 3 is 2.00 bits per heavy atom. The lowest BCUT2D eigenvalue weighted by atomic mass is 9.89. The Labute approximate surface area is 77.8 Å². The second-order valence-electron chi connectivity index (χ2n) is 3.74. The van der Waals surface area contributed by atoms with Gasteiger partial charge in [0.15, 0.2) is 15.1 Å². The molecule has 0 radical (unpaired) electrons. The second kappa shape index (κ2) is 3.63. The molecule has 0 heterocycles. The van der Waals surface area contributed by atoms with E-state index in [0.29, 0.717) is 0 Å². The third-order valence-electron chi connectivity index (χ3n) is 1.89. The number of nitrogens with two attached hydrogens (primary N) is 1. The number of carboxylic acid groups (broad SMARTS) is 1. The predicted octanol–water partition coefficient (Wildman–Crippen LogP) is -0.531. The van der Waals surface area contributed by atoms with E-state index in [1.54, 1.807) is 0 Å². The van der Waals surface area contributed by atoms with Gasteiger partial charge in [-0.2, -0.15) is 0 Å². The Kier molecular flexibility index (Phi) is 3.46. The minimum Gasteiger partial charge on any atom is -0.480 e. The van der Waals surface area contributed by atoms with Gasteiger partial charge in [-0.05, 0) is 6.54 Å². The molecular formula is C7H15NO4S. The second-order valence-corrected chi connectivity index (χ2v) is 5.87. The summed E-state index contributed by atoms with van der Waals surface area (Å²) in [5.41, 5.74) is 4.37. The van der Waals surface area contributed by atoms with Crippen molar-refractivity contribution in [2.75, 3.05) is 12.8 Å². The van der Waals surface area contributed by atoms with Gasteiger partial charge in [-0.1, -0.05) is 13.8 Å². The summed E-state index contributed by atoms with van der Waals surface area (Å²) in [7, 11) is -3.61. The first-order valence-corrected chi connectivity index (χ1v) is 5.70. The summed E-state index contributed by atoms with van der Waals surface area (Å²) in [4.78, 5) is 10.7. The highest BCUT2D eigenvalue weighted by molar-refractivity contribution is 7.92. The number of aliphatic carboxylic acids is 1. The van der Waals surface area contributed by atoms with Crippen molar-refractivity contribution in [3.63, 3.8) is 0 Å². The van der Waals surface area contributed by atoms with Crippen LogP contribution in [0.4, 0.5) is 0 Å². The summed E-state index contributed by atoms with van der Waals surface area (Å²) in [6, 6.07) is 0. The Bertz CT molecular complexity index is 294. The molecule has 0 rings (SSSR count). The third-order valence-corrected chi connectivity index (χ3v) is 3.58. The van der Waals surface area contributed by atoms with Crippen molar-refractivity contribution in [3.05, 3.63) is 0 Å². The molecule has 0 saturated heterocycles. The summed E-state index contributed by atoms with van der Waals surface area (Å²) in [6.07, 6.45) is 0.906. The van der Waals surface area contributed by atoms with E-state index in [2.05, 4.69) is 0 Å². The zero-order chi connectivity index (χ0) is 10.9. The summed E-state index contributed by atoms with van der Waals surface area (Å²) in [5, 5.41) is 7.30. The molecule has 0 aliphatic rings. The number of rotatable bonds is 4. The average Bonchev–Trinajstić information content (AvgIpc) is 1.82. The third kappa shape index (κ3) is 2.96. The highest BCUT2D eigenvalue weighted by Gasteiger charge is 2.41. The number of carboxylic acids is 1. The molecule has 0 aromatic heterocycles. The molecule has 0 saturated carbocycles. The lowest BCUT2D eigenvalue weighted by Gasteiger charge is -2.28. The topological polar surface area (TPSA) is 97.5 Å². The highest BCUT2D eigenvalue weighted by Crippen LogP contribution is 2.24. The van der Waals surface area contributed by atoms with Crippen molar-refractivity contribution < 1.29 is 18.3 Å². The maximum Gasteiger partial charge on any atom is 0.322 e. The van der Waals surface area contributed by atoms with Crippen LogP contribution >= 0.6 is 0 Å². The van der Waals surface area contributed by atoms with E-state index < -0.39 is 26.5 Å². The molecule has 0 amide bonds. The average molecular weight is 209 g/mol. The molecule has 0 aliphatic heterocycles. The normalized spacial score (nSPS) is 15.4. The van der Waals surface area contributed by atoms with Gasteiger partial charge in [-0.3, -0.25) is 4.79 Å². The van der Waals surface area contributed by atoms with Gasteiger partial charge in [0.1, 0.15) is 0 Å². The van der Waals surface area contributed by atoms with Gasteiger partial charge in [0.05, 0.1) is 0 Å². The molecule has 0 aromatic carbocycles. The number of sulfone groups is 1. The van der Waals surface area contributed by atoms with Gasteiger partial charge in [-0.15, -0.1) is 0 Å². The van der Waals surface area contributed by atoms with Crippen molar-refractivity contribution in [3.8, 4) is 0 Å². The molecule has 78 valence electrons. The maximum atomic E-state index is 11.1. The van der Waals surface area contributed by atoms with E-state index >= 15 is 0 Å². The first-order chi connectivity index (χ1) is 5.63. The number of hydrogen-bond acceptors (Lipinski definition) is 4. The SMILES string of the molecule is CC(C)(CN)[C@@H](C(=O)O)S(C)(=O)=O. The fraction of sp³-hybridized carbons (Fsp3) is 0.857. The van der Waals surface area contributed by atoms with E-state index in [-0.39, 0.29) is 6.54 Å². The van der Waals surface area contributed by atoms with Crippen molar-refractivity contribution >= 4 is 15.8 Å². The molecule has 0 aliphatic carbocycles. The molecule has 13 heavy (non-hydrogen) atoms. The molecule has 0 aromatic rings. The van der Waals surface area contributed by atoms with Gasteiger partial charge < -0.3 is 10.8 Å². The van der Waals surface area contributed by atoms with E-state index in [4.69, 9.17) is 10.8 Å². The molecule has 6 heteroatoms. The summed E-state index contributed by atoms with van der Waals surface area (Å²) in [6.45, 7) is 3.05. The molecule has 0 fully saturated rings. The minimum absolute atomic E-state index is 0.0109. The van der Waals surface area contributed by atoms with Gasteiger partial charge in [0.2, 0.25) is 0 Å². The van der Waals surface area contributed by atoms with E-state index in [1.165, 1.54) is 13.8 Å².